The zero-order chi connectivity index (χ0) is 12.8. The van der Waals surface area contributed by atoms with Crippen LogP contribution in [0.15, 0.2) is 24.3 Å². The Balaban J connectivity index is 1.68. The molecule has 1 aliphatic carbocycles. The maximum Gasteiger partial charge on any atom is 0.238 e. The van der Waals surface area contributed by atoms with Crippen molar-refractivity contribution in [2.75, 3.05) is 25.5 Å². The molecule has 1 aromatic rings. The summed E-state index contributed by atoms with van der Waals surface area (Å²) in [6, 6.07) is 7.37. The maximum absolute atomic E-state index is 11.7. The number of benzene rings is 1. The van der Waals surface area contributed by atoms with Gasteiger partial charge in [0, 0.05) is 11.8 Å². The Kier molecular flexibility index (Phi) is 4.59. The molecule has 0 unspecified atom stereocenters. The van der Waals surface area contributed by atoms with Crippen molar-refractivity contribution in [2.45, 2.75) is 19.3 Å². The van der Waals surface area contributed by atoms with Gasteiger partial charge < -0.3 is 15.4 Å². The number of methoxy groups -OCH3 is 1. The lowest BCUT2D eigenvalue weighted by Gasteiger charge is -2.07. The molecule has 0 saturated heterocycles. The fourth-order valence-electron chi connectivity index (χ4n) is 1.82. The molecule has 4 heteroatoms. The maximum atomic E-state index is 11.7. The van der Waals surface area contributed by atoms with Crippen molar-refractivity contribution >= 4 is 11.6 Å². The lowest BCUT2D eigenvalue weighted by Crippen LogP contribution is -2.28. The van der Waals surface area contributed by atoms with E-state index in [0.29, 0.717) is 6.54 Å². The third kappa shape index (κ3) is 4.37. The molecule has 1 fully saturated rings. The average molecular weight is 248 g/mol. The van der Waals surface area contributed by atoms with E-state index in [1.54, 1.807) is 7.11 Å². The normalized spacial score (nSPS) is 14.3. The Hall–Kier alpha value is -1.55. The highest BCUT2D eigenvalue weighted by Crippen LogP contribution is 2.31. The van der Waals surface area contributed by atoms with Crippen LogP contribution in [0.25, 0.3) is 0 Å². The molecular weight excluding hydrogens is 228 g/mol. The van der Waals surface area contributed by atoms with Crippen LogP contribution < -0.4 is 15.4 Å². The number of carbonyl (C=O) groups is 1. The molecule has 0 aromatic heterocycles. The molecular formula is C14H20N2O2. The summed E-state index contributed by atoms with van der Waals surface area (Å²) >= 11 is 0. The van der Waals surface area contributed by atoms with E-state index in [0.717, 1.165) is 23.9 Å². The second-order valence-electron chi connectivity index (χ2n) is 4.69. The quantitative estimate of drug-likeness (QED) is 0.726. The van der Waals surface area contributed by atoms with Gasteiger partial charge in [-0.05, 0) is 31.0 Å². The number of hydrogen-bond acceptors (Lipinski definition) is 3. The first-order valence-corrected chi connectivity index (χ1v) is 6.42. The van der Waals surface area contributed by atoms with E-state index in [4.69, 9.17) is 4.74 Å². The highest BCUT2D eigenvalue weighted by Gasteiger charge is 2.20. The van der Waals surface area contributed by atoms with Crippen molar-refractivity contribution in [2.24, 2.45) is 5.92 Å². The van der Waals surface area contributed by atoms with Gasteiger partial charge in [-0.1, -0.05) is 18.9 Å². The van der Waals surface area contributed by atoms with E-state index in [-0.39, 0.29) is 5.91 Å². The number of amides is 1. The molecule has 0 heterocycles. The smallest absolute Gasteiger partial charge is 0.238 e. The molecule has 0 bridgehead atoms. The molecule has 0 aliphatic heterocycles. The zero-order valence-electron chi connectivity index (χ0n) is 10.7. The van der Waals surface area contributed by atoms with Gasteiger partial charge in [-0.3, -0.25) is 4.79 Å². The molecule has 4 nitrogen and oxygen atoms in total. The second-order valence-corrected chi connectivity index (χ2v) is 4.69. The first-order chi connectivity index (χ1) is 8.78. The third-order valence-electron chi connectivity index (χ3n) is 3.07. The first-order valence-electron chi connectivity index (χ1n) is 6.42. The summed E-state index contributed by atoms with van der Waals surface area (Å²) in [4.78, 5) is 11.7. The van der Waals surface area contributed by atoms with Gasteiger partial charge in [0.05, 0.1) is 13.7 Å². The van der Waals surface area contributed by atoms with E-state index in [9.17, 15) is 4.79 Å². The minimum Gasteiger partial charge on any atom is -0.497 e. The number of rotatable bonds is 7. The van der Waals surface area contributed by atoms with Crippen LogP contribution in [0.4, 0.5) is 5.69 Å². The molecule has 1 aliphatic rings. The number of hydrogen-bond donors (Lipinski definition) is 2. The standard InChI is InChI=1S/C14H20N2O2/c1-18-13-4-2-3-12(9-13)16-14(17)10-15-8-7-11-5-6-11/h2-4,9,11,15H,5-8,10H2,1H3,(H,16,17). The van der Waals surface area contributed by atoms with Crippen LogP contribution in [0.5, 0.6) is 5.75 Å². The van der Waals surface area contributed by atoms with Crippen LogP contribution in [-0.4, -0.2) is 26.1 Å². The van der Waals surface area contributed by atoms with Gasteiger partial charge in [-0.2, -0.15) is 0 Å². The summed E-state index contributed by atoms with van der Waals surface area (Å²) in [7, 11) is 1.61. The number of ether oxygens (including phenoxy) is 1. The summed E-state index contributed by atoms with van der Waals surface area (Å²) in [5.41, 5.74) is 0.767. The van der Waals surface area contributed by atoms with E-state index >= 15 is 0 Å². The van der Waals surface area contributed by atoms with Crippen molar-refractivity contribution in [1.29, 1.82) is 0 Å². The van der Waals surface area contributed by atoms with Crippen molar-refractivity contribution < 1.29 is 9.53 Å². The summed E-state index contributed by atoms with van der Waals surface area (Å²) in [5, 5.41) is 6.00. The lowest BCUT2D eigenvalue weighted by atomic mass is 10.3. The van der Waals surface area contributed by atoms with Crippen LogP contribution >= 0.6 is 0 Å². The number of anilines is 1. The van der Waals surface area contributed by atoms with E-state index in [1.165, 1.54) is 19.3 Å². The Morgan fingerprint density at radius 3 is 3.00 bits per heavy atom. The zero-order valence-corrected chi connectivity index (χ0v) is 10.7. The SMILES string of the molecule is COc1cccc(NC(=O)CNCCC2CC2)c1. The van der Waals surface area contributed by atoms with Crippen LogP contribution in [0, 0.1) is 5.92 Å². The van der Waals surface area contributed by atoms with Crippen LogP contribution in [0.1, 0.15) is 19.3 Å². The van der Waals surface area contributed by atoms with Crippen LogP contribution in [0.2, 0.25) is 0 Å². The average Bonchev–Trinajstić information content (AvgIpc) is 3.19. The van der Waals surface area contributed by atoms with Crippen LogP contribution in [0.3, 0.4) is 0 Å². The number of nitrogens with one attached hydrogen (secondary N) is 2. The molecule has 1 amide bonds. The molecule has 0 atom stereocenters. The summed E-state index contributed by atoms with van der Waals surface area (Å²) in [5.74, 6) is 1.63. The molecule has 0 spiro atoms. The highest BCUT2D eigenvalue weighted by molar-refractivity contribution is 5.92. The Labute approximate surface area is 108 Å². The minimum atomic E-state index is -0.0148. The largest absolute Gasteiger partial charge is 0.497 e. The molecule has 18 heavy (non-hydrogen) atoms. The Morgan fingerprint density at radius 2 is 2.28 bits per heavy atom. The Morgan fingerprint density at radius 1 is 1.44 bits per heavy atom. The number of carbonyl (C=O) groups excluding carboxylic acids is 1. The fraction of sp³-hybridized carbons (Fsp3) is 0.500. The molecule has 2 N–H and O–H groups in total. The molecule has 0 radical (unpaired) electrons. The van der Waals surface area contributed by atoms with Crippen molar-refractivity contribution in [3.63, 3.8) is 0 Å². The predicted octanol–water partition coefficient (Wildman–Crippen LogP) is 2.02. The lowest BCUT2D eigenvalue weighted by molar-refractivity contribution is -0.115. The second kappa shape index (κ2) is 6.40. The van der Waals surface area contributed by atoms with Crippen LogP contribution in [-0.2, 0) is 4.79 Å². The van der Waals surface area contributed by atoms with Gasteiger partial charge in [0.1, 0.15) is 5.75 Å². The molecule has 2 rings (SSSR count). The minimum absolute atomic E-state index is 0.0148. The molecule has 98 valence electrons. The summed E-state index contributed by atoms with van der Waals surface area (Å²) < 4.78 is 5.10. The van der Waals surface area contributed by atoms with Gasteiger partial charge in [0.25, 0.3) is 0 Å². The van der Waals surface area contributed by atoms with Gasteiger partial charge in [0.15, 0.2) is 0 Å². The third-order valence-corrected chi connectivity index (χ3v) is 3.07. The van der Waals surface area contributed by atoms with E-state index in [1.807, 2.05) is 24.3 Å². The van der Waals surface area contributed by atoms with Crippen molar-refractivity contribution in [1.82, 2.24) is 5.32 Å². The van der Waals surface area contributed by atoms with Crippen molar-refractivity contribution in [3.05, 3.63) is 24.3 Å². The van der Waals surface area contributed by atoms with E-state index < -0.39 is 0 Å². The van der Waals surface area contributed by atoms with E-state index in [2.05, 4.69) is 10.6 Å². The predicted molar refractivity (Wildman–Crippen MR) is 71.8 cm³/mol. The molecule has 1 saturated carbocycles. The topological polar surface area (TPSA) is 50.4 Å². The first kappa shape index (κ1) is 12.9. The van der Waals surface area contributed by atoms with Gasteiger partial charge in [-0.25, -0.2) is 0 Å². The van der Waals surface area contributed by atoms with Gasteiger partial charge in [0.2, 0.25) is 5.91 Å². The van der Waals surface area contributed by atoms with Gasteiger partial charge >= 0.3 is 0 Å². The van der Waals surface area contributed by atoms with Crippen molar-refractivity contribution in [3.8, 4) is 5.75 Å². The summed E-state index contributed by atoms with van der Waals surface area (Å²) in [6.07, 6.45) is 3.90. The fourth-order valence-corrected chi connectivity index (χ4v) is 1.82. The molecule has 1 aromatic carbocycles. The van der Waals surface area contributed by atoms with Gasteiger partial charge in [-0.15, -0.1) is 0 Å². The summed E-state index contributed by atoms with van der Waals surface area (Å²) in [6.45, 7) is 1.29. The highest BCUT2D eigenvalue weighted by atomic mass is 16.5. The Bertz CT molecular complexity index is 403. The monoisotopic (exact) mass is 248 g/mol.